The second kappa shape index (κ2) is 7.51. The molecule has 0 aliphatic carbocycles. The number of benzene rings is 2. The summed E-state index contributed by atoms with van der Waals surface area (Å²) in [4.78, 5) is 17.7. The first-order valence-corrected chi connectivity index (χ1v) is 10.5. The Morgan fingerprint density at radius 3 is 2.97 bits per heavy atom. The van der Waals surface area contributed by atoms with Crippen molar-refractivity contribution in [2.75, 3.05) is 12.4 Å². The summed E-state index contributed by atoms with van der Waals surface area (Å²) in [6, 6.07) is 11.7. The Kier molecular flexibility index (Phi) is 4.67. The minimum absolute atomic E-state index is 0.0749. The van der Waals surface area contributed by atoms with Crippen molar-refractivity contribution in [3.05, 3.63) is 58.6 Å². The first-order valence-electron chi connectivity index (χ1n) is 9.66. The molecule has 3 heterocycles. The normalized spacial score (nSPS) is 11.3. The van der Waals surface area contributed by atoms with Crippen molar-refractivity contribution in [3.8, 4) is 17.0 Å². The van der Waals surface area contributed by atoms with Gasteiger partial charge in [-0.25, -0.2) is 4.52 Å². The molecule has 0 spiro atoms. The Morgan fingerprint density at radius 2 is 2.13 bits per heavy atom. The highest BCUT2D eigenvalue weighted by molar-refractivity contribution is 7.15. The summed E-state index contributed by atoms with van der Waals surface area (Å²) < 4.78 is 12.5. The maximum absolute atomic E-state index is 12.6. The van der Waals surface area contributed by atoms with E-state index in [1.54, 1.807) is 11.6 Å². The van der Waals surface area contributed by atoms with Crippen molar-refractivity contribution in [2.45, 2.75) is 20.3 Å². The van der Waals surface area contributed by atoms with Gasteiger partial charge in [-0.1, -0.05) is 23.4 Å². The van der Waals surface area contributed by atoms with Crippen LogP contribution in [0.3, 0.4) is 0 Å². The van der Waals surface area contributed by atoms with Gasteiger partial charge >= 0.3 is 0 Å². The maximum Gasteiger partial charge on any atom is 0.250 e. The van der Waals surface area contributed by atoms with Crippen LogP contribution < -0.4 is 10.1 Å². The van der Waals surface area contributed by atoms with E-state index in [9.17, 15) is 4.79 Å². The van der Waals surface area contributed by atoms with Gasteiger partial charge in [-0.05, 0) is 43.2 Å². The van der Waals surface area contributed by atoms with Crippen molar-refractivity contribution in [3.63, 3.8) is 0 Å². The van der Waals surface area contributed by atoms with E-state index in [4.69, 9.17) is 9.26 Å². The number of hydrogen-bond acceptors (Lipinski definition) is 7. The Morgan fingerprint density at radius 1 is 1.26 bits per heavy atom. The number of rotatable bonds is 5. The van der Waals surface area contributed by atoms with Gasteiger partial charge in [-0.3, -0.25) is 10.1 Å². The Labute approximate surface area is 181 Å². The lowest BCUT2D eigenvalue weighted by atomic mass is 10.1. The van der Waals surface area contributed by atoms with E-state index in [1.807, 2.05) is 55.6 Å². The fourth-order valence-corrected chi connectivity index (χ4v) is 4.43. The summed E-state index contributed by atoms with van der Waals surface area (Å²) in [6.07, 6.45) is 0.0749. The van der Waals surface area contributed by atoms with Crippen molar-refractivity contribution in [1.29, 1.82) is 0 Å². The van der Waals surface area contributed by atoms with Gasteiger partial charge in [0.2, 0.25) is 16.8 Å². The zero-order valence-corrected chi connectivity index (χ0v) is 18.0. The lowest BCUT2D eigenvalue weighted by Gasteiger charge is -2.03. The summed E-state index contributed by atoms with van der Waals surface area (Å²) in [5.41, 5.74) is 5.22. The van der Waals surface area contributed by atoms with E-state index in [0.29, 0.717) is 16.2 Å². The van der Waals surface area contributed by atoms with Gasteiger partial charge in [0.25, 0.3) is 0 Å². The van der Waals surface area contributed by atoms with Crippen LogP contribution in [0.15, 0.2) is 46.3 Å². The molecule has 0 atom stereocenters. The molecule has 31 heavy (non-hydrogen) atoms. The molecule has 0 aliphatic rings. The molecule has 5 aromatic rings. The molecule has 0 aliphatic heterocycles. The highest BCUT2D eigenvalue weighted by Crippen LogP contribution is 2.28. The zero-order valence-electron chi connectivity index (χ0n) is 17.2. The molecule has 1 amide bonds. The average Bonchev–Trinajstić information content (AvgIpc) is 3.43. The third kappa shape index (κ3) is 3.53. The molecule has 8 nitrogen and oxygen atoms in total. The first-order chi connectivity index (χ1) is 15.0. The average molecular weight is 433 g/mol. The quantitative estimate of drug-likeness (QED) is 0.441. The number of anilines is 1. The summed E-state index contributed by atoms with van der Waals surface area (Å²) in [7, 11) is 1.63. The van der Waals surface area contributed by atoms with Gasteiger partial charge in [0.15, 0.2) is 5.58 Å². The minimum Gasteiger partial charge on any atom is -0.497 e. The molecule has 0 radical (unpaired) electrons. The van der Waals surface area contributed by atoms with Crippen LogP contribution in [0.25, 0.3) is 27.2 Å². The lowest BCUT2D eigenvalue weighted by Crippen LogP contribution is -2.15. The number of nitrogens with zero attached hydrogens (tertiary/aromatic N) is 4. The number of hydrogen-bond donors (Lipinski definition) is 1. The monoisotopic (exact) mass is 433 g/mol. The molecule has 0 saturated carbocycles. The van der Waals surface area contributed by atoms with E-state index >= 15 is 0 Å². The molecule has 0 bridgehead atoms. The zero-order chi connectivity index (χ0) is 21.5. The molecule has 0 saturated heterocycles. The molecular formula is C22H19N5O3S. The molecular weight excluding hydrogens is 414 g/mol. The second-order valence-corrected chi connectivity index (χ2v) is 8.13. The van der Waals surface area contributed by atoms with Crippen LogP contribution in [0.1, 0.15) is 16.8 Å². The van der Waals surface area contributed by atoms with Crippen molar-refractivity contribution in [2.24, 2.45) is 0 Å². The SMILES string of the molecule is COc1cccc(-c2csc3nc(NC(=O)Cc4noc5c(C)cc(C)cc45)nn23)c1. The number of nitrogens with one attached hydrogen (secondary N) is 1. The van der Waals surface area contributed by atoms with Crippen LogP contribution in [0, 0.1) is 13.8 Å². The molecule has 2 aromatic carbocycles. The van der Waals surface area contributed by atoms with Gasteiger partial charge in [0, 0.05) is 16.3 Å². The summed E-state index contributed by atoms with van der Waals surface area (Å²) in [5, 5.41) is 14.2. The number of amides is 1. The van der Waals surface area contributed by atoms with Crippen LogP contribution in [0.5, 0.6) is 5.75 Å². The smallest absolute Gasteiger partial charge is 0.250 e. The fraction of sp³-hybridized carbons (Fsp3) is 0.182. The largest absolute Gasteiger partial charge is 0.497 e. The molecule has 0 unspecified atom stereocenters. The summed E-state index contributed by atoms with van der Waals surface area (Å²) in [6.45, 7) is 3.97. The van der Waals surface area contributed by atoms with E-state index < -0.39 is 0 Å². The molecule has 5 rings (SSSR count). The minimum atomic E-state index is -0.254. The van der Waals surface area contributed by atoms with Crippen molar-refractivity contribution >= 4 is 39.1 Å². The van der Waals surface area contributed by atoms with E-state index in [-0.39, 0.29) is 18.3 Å². The Balaban J connectivity index is 1.39. The Bertz CT molecular complexity index is 1430. The fourth-order valence-electron chi connectivity index (χ4n) is 3.60. The highest BCUT2D eigenvalue weighted by Gasteiger charge is 2.17. The topological polar surface area (TPSA) is 94.5 Å². The summed E-state index contributed by atoms with van der Waals surface area (Å²) >= 11 is 1.45. The highest BCUT2D eigenvalue weighted by atomic mass is 32.1. The van der Waals surface area contributed by atoms with Crippen LogP contribution in [0.2, 0.25) is 0 Å². The number of methoxy groups -OCH3 is 1. The second-order valence-electron chi connectivity index (χ2n) is 7.30. The molecule has 0 fully saturated rings. The van der Waals surface area contributed by atoms with Crippen LogP contribution in [0.4, 0.5) is 5.95 Å². The van der Waals surface area contributed by atoms with Gasteiger partial charge < -0.3 is 9.26 Å². The van der Waals surface area contributed by atoms with Crippen molar-refractivity contribution in [1.82, 2.24) is 19.8 Å². The van der Waals surface area contributed by atoms with Crippen LogP contribution >= 0.6 is 11.3 Å². The third-order valence-electron chi connectivity index (χ3n) is 5.00. The van der Waals surface area contributed by atoms with E-state index in [0.717, 1.165) is 33.5 Å². The molecule has 3 aromatic heterocycles. The van der Waals surface area contributed by atoms with Crippen molar-refractivity contribution < 1.29 is 14.1 Å². The molecule has 1 N–H and O–H groups in total. The predicted molar refractivity (Wildman–Crippen MR) is 119 cm³/mol. The number of ether oxygens (including phenoxy) is 1. The van der Waals surface area contributed by atoms with E-state index in [2.05, 4.69) is 20.6 Å². The molecule has 156 valence electrons. The Hall–Kier alpha value is -3.72. The predicted octanol–water partition coefficient (Wildman–Crippen LogP) is 4.41. The third-order valence-corrected chi connectivity index (χ3v) is 5.82. The number of aryl methyl sites for hydroxylation is 2. The lowest BCUT2D eigenvalue weighted by molar-refractivity contribution is -0.115. The first kappa shape index (κ1) is 19.3. The van der Waals surface area contributed by atoms with Gasteiger partial charge in [0.1, 0.15) is 11.4 Å². The van der Waals surface area contributed by atoms with E-state index in [1.165, 1.54) is 11.3 Å². The number of carbonyl (C=O) groups is 1. The van der Waals surface area contributed by atoms with Gasteiger partial charge in [-0.15, -0.1) is 16.4 Å². The van der Waals surface area contributed by atoms with Gasteiger partial charge in [0.05, 0.1) is 19.2 Å². The van der Waals surface area contributed by atoms with Gasteiger partial charge in [-0.2, -0.15) is 4.98 Å². The van der Waals surface area contributed by atoms with Crippen LogP contribution in [-0.4, -0.2) is 32.8 Å². The van der Waals surface area contributed by atoms with Crippen LogP contribution in [-0.2, 0) is 11.2 Å². The number of fused-ring (bicyclic) bond motifs is 2. The summed E-state index contributed by atoms with van der Waals surface area (Å²) in [5.74, 6) is 0.757. The number of carbonyl (C=O) groups excluding carboxylic acids is 1. The molecule has 9 heteroatoms. The number of aromatic nitrogens is 4. The standard InChI is InChI=1S/C22H19N5O3S/c1-12-7-13(2)20-16(8-12)17(26-30-20)10-19(28)23-21-24-22-27(25-21)18(11-31-22)14-5-4-6-15(9-14)29-3/h4-9,11H,10H2,1-3H3,(H,23,25,28). The number of thiazole rings is 1. The maximum atomic E-state index is 12.6.